The van der Waals surface area contributed by atoms with E-state index in [-0.39, 0.29) is 24.2 Å². The highest BCUT2D eigenvalue weighted by molar-refractivity contribution is 5.92. The lowest BCUT2D eigenvalue weighted by Gasteiger charge is -2.08. The Labute approximate surface area is 154 Å². The van der Waals surface area contributed by atoms with Crippen molar-refractivity contribution >= 4 is 17.4 Å². The van der Waals surface area contributed by atoms with E-state index in [0.29, 0.717) is 29.5 Å². The van der Waals surface area contributed by atoms with Crippen LogP contribution in [0.3, 0.4) is 0 Å². The Kier molecular flexibility index (Phi) is 4.52. The first-order chi connectivity index (χ1) is 13.2. The number of hydrogen-bond donors (Lipinski definition) is 2. The topological polar surface area (TPSA) is 85.4 Å². The largest absolute Gasteiger partial charge is 0.454 e. The summed E-state index contributed by atoms with van der Waals surface area (Å²) in [5, 5.41) is 5.80. The number of benzene rings is 2. The summed E-state index contributed by atoms with van der Waals surface area (Å²) in [5.41, 5.74) is 1.75. The number of carbonyl (C=O) groups excluding carboxylic acids is 1. The van der Waals surface area contributed by atoms with Crippen LogP contribution in [0.5, 0.6) is 11.5 Å². The standard InChI is InChI=1S/C19H15FN4O3/c20-13-2-4-14(5-3-13)24-18-8-15(22-10-23-18)19(25)21-9-12-1-6-16-17(7-12)27-11-26-16/h1-8,10H,9,11H2,(H,21,25)(H,22,23,24). The molecule has 8 heteroatoms. The average Bonchev–Trinajstić information content (AvgIpc) is 3.16. The SMILES string of the molecule is O=C(NCc1ccc2c(c1)OCO2)c1cc(Nc2ccc(F)cc2)ncn1. The quantitative estimate of drug-likeness (QED) is 0.722. The van der Waals surface area contributed by atoms with Gasteiger partial charge in [0, 0.05) is 18.3 Å². The fraction of sp³-hybridized carbons (Fsp3) is 0.105. The highest BCUT2D eigenvalue weighted by atomic mass is 19.1. The first-order valence-corrected chi connectivity index (χ1v) is 8.19. The molecule has 1 aliphatic rings. The lowest BCUT2D eigenvalue weighted by Crippen LogP contribution is -2.24. The summed E-state index contributed by atoms with van der Waals surface area (Å²) < 4.78 is 23.6. The number of ether oxygens (including phenoxy) is 2. The molecule has 27 heavy (non-hydrogen) atoms. The molecule has 0 saturated carbocycles. The van der Waals surface area contributed by atoms with Crippen molar-refractivity contribution in [1.82, 2.24) is 15.3 Å². The second-order valence-electron chi connectivity index (χ2n) is 5.79. The number of anilines is 2. The fourth-order valence-electron chi connectivity index (χ4n) is 2.55. The molecule has 0 saturated heterocycles. The Balaban J connectivity index is 1.40. The molecule has 0 fully saturated rings. The molecular weight excluding hydrogens is 351 g/mol. The van der Waals surface area contributed by atoms with E-state index in [9.17, 15) is 9.18 Å². The van der Waals surface area contributed by atoms with Gasteiger partial charge in [0.05, 0.1) is 0 Å². The van der Waals surface area contributed by atoms with Crippen molar-refractivity contribution in [3.8, 4) is 11.5 Å². The second kappa shape index (κ2) is 7.28. The van der Waals surface area contributed by atoms with Crippen LogP contribution in [0.15, 0.2) is 54.9 Å². The highest BCUT2D eigenvalue weighted by Gasteiger charge is 2.14. The van der Waals surface area contributed by atoms with Crippen LogP contribution in [-0.2, 0) is 6.54 Å². The molecule has 1 amide bonds. The summed E-state index contributed by atoms with van der Waals surface area (Å²) in [6.45, 7) is 0.524. The van der Waals surface area contributed by atoms with Crippen LogP contribution in [0.25, 0.3) is 0 Å². The zero-order chi connectivity index (χ0) is 18.6. The van der Waals surface area contributed by atoms with Gasteiger partial charge in [-0.15, -0.1) is 0 Å². The summed E-state index contributed by atoms with van der Waals surface area (Å²) in [5.74, 6) is 1.13. The lowest BCUT2D eigenvalue weighted by atomic mass is 10.2. The van der Waals surface area contributed by atoms with Crippen LogP contribution < -0.4 is 20.1 Å². The maximum absolute atomic E-state index is 13.0. The van der Waals surface area contributed by atoms with Crippen molar-refractivity contribution in [1.29, 1.82) is 0 Å². The van der Waals surface area contributed by atoms with E-state index in [0.717, 1.165) is 5.56 Å². The molecule has 7 nitrogen and oxygen atoms in total. The molecule has 0 unspecified atom stereocenters. The number of nitrogens with one attached hydrogen (secondary N) is 2. The Bertz CT molecular complexity index is 979. The molecule has 2 N–H and O–H groups in total. The van der Waals surface area contributed by atoms with Crippen molar-refractivity contribution in [3.63, 3.8) is 0 Å². The van der Waals surface area contributed by atoms with Gasteiger partial charge < -0.3 is 20.1 Å². The van der Waals surface area contributed by atoms with Crippen molar-refractivity contribution in [2.45, 2.75) is 6.54 Å². The van der Waals surface area contributed by atoms with Gasteiger partial charge in [-0.25, -0.2) is 14.4 Å². The summed E-state index contributed by atoms with van der Waals surface area (Å²) in [6.07, 6.45) is 1.29. The Hall–Kier alpha value is -3.68. The molecule has 3 aromatic rings. The number of carbonyl (C=O) groups is 1. The van der Waals surface area contributed by atoms with Crippen molar-refractivity contribution in [3.05, 3.63) is 71.9 Å². The van der Waals surface area contributed by atoms with Gasteiger partial charge in [-0.2, -0.15) is 0 Å². The first-order valence-electron chi connectivity index (χ1n) is 8.19. The van der Waals surface area contributed by atoms with Gasteiger partial charge in [0.1, 0.15) is 23.7 Å². The van der Waals surface area contributed by atoms with Crippen LogP contribution >= 0.6 is 0 Å². The van der Waals surface area contributed by atoms with Gasteiger partial charge in [0.2, 0.25) is 6.79 Å². The molecular formula is C19H15FN4O3. The smallest absolute Gasteiger partial charge is 0.270 e. The Morgan fingerprint density at radius 3 is 2.70 bits per heavy atom. The van der Waals surface area contributed by atoms with E-state index in [4.69, 9.17) is 9.47 Å². The summed E-state index contributed by atoms with van der Waals surface area (Å²) in [4.78, 5) is 20.4. The van der Waals surface area contributed by atoms with E-state index < -0.39 is 0 Å². The first kappa shape index (κ1) is 16.8. The monoisotopic (exact) mass is 366 g/mol. The third-order valence-electron chi connectivity index (χ3n) is 3.91. The predicted molar refractivity (Wildman–Crippen MR) is 95.4 cm³/mol. The Morgan fingerprint density at radius 2 is 1.85 bits per heavy atom. The van der Waals surface area contributed by atoms with Gasteiger partial charge in [0.25, 0.3) is 5.91 Å². The van der Waals surface area contributed by atoms with Crippen molar-refractivity contribution < 1.29 is 18.7 Å². The Morgan fingerprint density at radius 1 is 1.04 bits per heavy atom. The van der Waals surface area contributed by atoms with Crippen LogP contribution in [0.1, 0.15) is 16.1 Å². The molecule has 1 aliphatic heterocycles. The summed E-state index contributed by atoms with van der Waals surface area (Å²) >= 11 is 0. The van der Waals surface area contributed by atoms with Gasteiger partial charge in [-0.3, -0.25) is 4.79 Å². The highest BCUT2D eigenvalue weighted by Crippen LogP contribution is 2.32. The van der Waals surface area contributed by atoms with Crippen LogP contribution in [0, 0.1) is 5.82 Å². The fourth-order valence-corrected chi connectivity index (χ4v) is 2.55. The van der Waals surface area contributed by atoms with E-state index >= 15 is 0 Å². The molecule has 4 rings (SSSR count). The predicted octanol–water partition coefficient (Wildman–Crippen LogP) is 3.02. The molecule has 136 valence electrons. The normalized spacial score (nSPS) is 11.9. The van der Waals surface area contributed by atoms with Crippen LogP contribution in [0.4, 0.5) is 15.9 Å². The molecule has 0 bridgehead atoms. The number of nitrogens with zero attached hydrogens (tertiary/aromatic N) is 2. The maximum atomic E-state index is 13.0. The van der Waals surface area contributed by atoms with Gasteiger partial charge in [-0.1, -0.05) is 6.07 Å². The van der Waals surface area contributed by atoms with Crippen molar-refractivity contribution in [2.75, 3.05) is 12.1 Å². The molecule has 2 heterocycles. The number of fused-ring (bicyclic) bond motifs is 1. The molecule has 0 radical (unpaired) electrons. The molecule has 0 aliphatic carbocycles. The second-order valence-corrected chi connectivity index (χ2v) is 5.79. The number of aromatic nitrogens is 2. The lowest BCUT2D eigenvalue weighted by molar-refractivity contribution is 0.0945. The van der Waals surface area contributed by atoms with E-state index in [1.54, 1.807) is 18.2 Å². The molecule has 0 atom stereocenters. The third-order valence-corrected chi connectivity index (χ3v) is 3.91. The minimum Gasteiger partial charge on any atom is -0.454 e. The molecule has 1 aromatic heterocycles. The average molecular weight is 366 g/mol. The summed E-state index contributed by atoms with van der Waals surface area (Å²) in [6, 6.07) is 12.8. The minimum atomic E-state index is -0.336. The van der Waals surface area contributed by atoms with Crippen molar-refractivity contribution in [2.24, 2.45) is 0 Å². The number of amides is 1. The zero-order valence-corrected chi connectivity index (χ0v) is 14.1. The molecule has 0 spiro atoms. The maximum Gasteiger partial charge on any atom is 0.270 e. The van der Waals surface area contributed by atoms with Gasteiger partial charge >= 0.3 is 0 Å². The van der Waals surface area contributed by atoms with Gasteiger partial charge in [0.15, 0.2) is 11.5 Å². The molecule has 2 aromatic carbocycles. The third kappa shape index (κ3) is 3.95. The minimum absolute atomic E-state index is 0.204. The van der Waals surface area contributed by atoms with Gasteiger partial charge in [-0.05, 0) is 42.0 Å². The van der Waals surface area contributed by atoms with E-state index in [1.165, 1.54) is 24.5 Å². The zero-order valence-electron chi connectivity index (χ0n) is 14.1. The number of rotatable bonds is 5. The van der Waals surface area contributed by atoms with Crippen LogP contribution in [-0.4, -0.2) is 22.7 Å². The van der Waals surface area contributed by atoms with E-state index in [1.807, 2.05) is 12.1 Å². The van der Waals surface area contributed by atoms with Crippen LogP contribution in [0.2, 0.25) is 0 Å². The van der Waals surface area contributed by atoms with E-state index in [2.05, 4.69) is 20.6 Å². The number of hydrogen-bond acceptors (Lipinski definition) is 6. The number of halogens is 1. The summed E-state index contributed by atoms with van der Waals surface area (Å²) in [7, 11) is 0.